The van der Waals surface area contributed by atoms with Gasteiger partial charge < -0.3 is 10.1 Å². The summed E-state index contributed by atoms with van der Waals surface area (Å²) in [5.74, 6) is -0.380. The van der Waals surface area contributed by atoms with Crippen molar-refractivity contribution < 1.29 is 13.9 Å². The van der Waals surface area contributed by atoms with Gasteiger partial charge in [0.1, 0.15) is 5.82 Å². The summed E-state index contributed by atoms with van der Waals surface area (Å²) in [6.45, 7) is 8.03. The minimum Gasteiger partial charge on any atom is -0.379 e. The SMILES string of the molecule is Cc1nn(-c2ccc(F)cc2)c(C)c1CC(=O)Nc1cccc(CN2CCOCC2)c1. The quantitative estimate of drug-likeness (QED) is 0.659. The van der Waals surface area contributed by atoms with Crippen molar-refractivity contribution in [3.8, 4) is 5.69 Å². The van der Waals surface area contributed by atoms with Crippen LogP contribution in [-0.2, 0) is 22.5 Å². The third-order valence-corrected chi connectivity index (χ3v) is 5.57. The summed E-state index contributed by atoms with van der Waals surface area (Å²) in [4.78, 5) is 15.1. The van der Waals surface area contributed by atoms with Crippen LogP contribution in [0.15, 0.2) is 48.5 Å². The molecule has 0 bridgehead atoms. The lowest BCUT2D eigenvalue weighted by atomic mass is 10.1. The van der Waals surface area contributed by atoms with E-state index in [9.17, 15) is 9.18 Å². The van der Waals surface area contributed by atoms with Crippen LogP contribution in [0.2, 0.25) is 0 Å². The molecule has 0 spiro atoms. The first kappa shape index (κ1) is 21.2. The smallest absolute Gasteiger partial charge is 0.228 e. The largest absolute Gasteiger partial charge is 0.379 e. The number of aryl methyl sites for hydroxylation is 1. The van der Waals surface area contributed by atoms with Crippen molar-refractivity contribution in [2.45, 2.75) is 26.8 Å². The fourth-order valence-corrected chi connectivity index (χ4v) is 3.90. The molecule has 0 saturated carbocycles. The molecule has 1 fully saturated rings. The summed E-state index contributed by atoms with van der Waals surface area (Å²) >= 11 is 0. The van der Waals surface area contributed by atoms with Gasteiger partial charge in [-0.2, -0.15) is 5.10 Å². The van der Waals surface area contributed by atoms with E-state index < -0.39 is 0 Å². The van der Waals surface area contributed by atoms with Crippen molar-refractivity contribution in [1.29, 1.82) is 0 Å². The number of rotatable bonds is 6. The number of anilines is 1. The molecular weight excluding hydrogens is 395 g/mol. The van der Waals surface area contributed by atoms with E-state index in [1.807, 2.05) is 32.0 Å². The van der Waals surface area contributed by atoms with Crippen LogP contribution in [0.25, 0.3) is 5.69 Å². The van der Waals surface area contributed by atoms with Crippen molar-refractivity contribution in [3.63, 3.8) is 0 Å². The van der Waals surface area contributed by atoms with Gasteiger partial charge in [-0.05, 0) is 55.8 Å². The number of carbonyl (C=O) groups is 1. The van der Waals surface area contributed by atoms with Crippen LogP contribution in [0.1, 0.15) is 22.5 Å². The second-order valence-electron chi connectivity index (χ2n) is 7.85. The Hall–Kier alpha value is -3.03. The molecular formula is C24H27FN4O2. The molecule has 1 saturated heterocycles. The maximum atomic E-state index is 13.2. The molecule has 162 valence electrons. The molecule has 2 aromatic carbocycles. The summed E-state index contributed by atoms with van der Waals surface area (Å²) in [7, 11) is 0. The van der Waals surface area contributed by atoms with Crippen molar-refractivity contribution in [2.75, 3.05) is 31.6 Å². The lowest BCUT2D eigenvalue weighted by Crippen LogP contribution is -2.35. The average Bonchev–Trinajstić information content (AvgIpc) is 3.03. The molecule has 7 heteroatoms. The van der Waals surface area contributed by atoms with E-state index in [0.29, 0.717) is 0 Å². The van der Waals surface area contributed by atoms with Crippen LogP contribution in [0.5, 0.6) is 0 Å². The van der Waals surface area contributed by atoms with Crippen molar-refractivity contribution >= 4 is 11.6 Å². The second-order valence-corrected chi connectivity index (χ2v) is 7.85. The normalized spacial score (nSPS) is 14.5. The zero-order valence-corrected chi connectivity index (χ0v) is 17.9. The highest BCUT2D eigenvalue weighted by atomic mass is 19.1. The highest BCUT2D eigenvalue weighted by Gasteiger charge is 2.17. The Labute approximate surface area is 181 Å². The lowest BCUT2D eigenvalue weighted by Gasteiger charge is -2.26. The number of hydrogen-bond donors (Lipinski definition) is 1. The van der Waals surface area contributed by atoms with E-state index in [4.69, 9.17) is 4.74 Å². The van der Waals surface area contributed by atoms with Gasteiger partial charge in [0.2, 0.25) is 5.91 Å². The molecule has 1 N–H and O–H groups in total. The number of halogens is 1. The van der Waals surface area contributed by atoms with Crippen molar-refractivity contribution in [3.05, 3.63) is 76.9 Å². The topological polar surface area (TPSA) is 59.4 Å². The van der Waals surface area contributed by atoms with Gasteiger partial charge in [0, 0.05) is 36.6 Å². The monoisotopic (exact) mass is 422 g/mol. The average molecular weight is 423 g/mol. The Morgan fingerprint density at radius 2 is 1.87 bits per heavy atom. The van der Waals surface area contributed by atoms with Gasteiger partial charge in [-0.1, -0.05) is 12.1 Å². The molecule has 0 radical (unpaired) electrons. The highest BCUT2D eigenvalue weighted by Crippen LogP contribution is 2.20. The number of aromatic nitrogens is 2. The van der Waals surface area contributed by atoms with Gasteiger partial charge in [-0.3, -0.25) is 9.69 Å². The van der Waals surface area contributed by atoms with E-state index in [1.165, 1.54) is 12.1 Å². The molecule has 0 atom stereocenters. The number of hydrogen-bond acceptors (Lipinski definition) is 4. The number of ether oxygens (including phenoxy) is 1. The number of benzene rings is 2. The molecule has 3 aromatic rings. The van der Waals surface area contributed by atoms with Gasteiger partial charge in [-0.25, -0.2) is 9.07 Å². The zero-order chi connectivity index (χ0) is 21.8. The molecule has 2 heterocycles. The predicted octanol–water partition coefficient (Wildman–Crippen LogP) is 3.64. The summed E-state index contributed by atoms with van der Waals surface area (Å²) in [6.07, 6.45) is 0.229. The van der Waals surface area contributed by atoms with Crippen LogP contribution in [0.3, 0.4) is 0 Å². The number of carbonyl (C=O) groups excluding carboxylic acids is 1. The summed E-state index contributed by atoms with van der Waals surface area (Å²) in [5, 5.41) is 7.56. The van der Waals surface area contributed by atoms with Gasteiger partial charge in [0.25, 0.3) is 0 Å². The molecule has 31 heavy (non-hydrogen) atoms. The highest BCUT2D eigenvalue weighted by molar-refractivity contribution is 5.92. The van der Waals surface area contributed by atoms with Crippen molar-refractivity contribution in [1.82, 2.24) is 14.7 Å². The minimum absolute atomic E-state index is 0.0895. The van der Waals surface area contributed by atoms with Crippen molar-refractivity contribution in [2.24, 2.45) is 0 Å². The zero-order valence-electron chi connectivity index (χ0n) is 17.9. The number of morpholine rings is 1. The Morgan fingerprint density at radius 3 is 2.61 bits per heavy atom. The molecule has 4 rings (SSSR count). The standard InChI is InChI=1S/C24H27FN4O2/c1-17-23(18(2)29(27-17)22-8-6-20(25)7-9-22)15-24(30)26-21-5-3-4-19(14-21)16-28-10-12-31-13-11-28/h3-9,14H,10-13,15-16H2,1-2H3,(H,26,30). The van der Waals surface area contributed by atoms with E-state index in [2.05, 4.69) is 21.4 Å². The van der Waals surface area contributed by atoms with E-state index in [0.717, 1.165) is 66.7 Å². The Morgan fingerprint density at radius 1 is 1.13 bits per heavy atom. The van der Waals surface area contributed by atoms with Crippen LogP contribution >= 0.6 is 0 Å². The van der Waals surface area contributed by atoms with E-state index >= 15 is 0 Å². The molecule has 0 unspecified atom stereocenters. The number of nitrogens with one attached hydrogen (secondary N) is 1. The molecule has 1 aliphatic heterocycles. The second kappa shape index (κ2) is 9.41. The Balaban J connectivity index is 1.43. The van der Waals surface area contributed by atoms with Crippen LogP contribution in [0, 0.1) is 19.7 Å². The third kappa shape index (κ3) is 5.18. The summed E-state index contributed by atoms with van der Waals surface area (Å²) in [6, 6.07) is 14.1. The van der Waals surface area contributed by atoms with Gasteiger partial charge in [0.05, 0.1) is 31.0 Å². The Bertz CT molecular complexity index is 1060. The molecule has 0 aliphatic carbocycles. The fraction of sp³-hybridized carbons (Fsp3) is 0.333. The molecule has 1 amide bonds. The maximum Gasteiger partial charge on any atom is 0.228 e. The summed E-state index contributed by atoms with van der Waals surface area (Å²) in [5.41, 5.74) is 5.27. The first-order chi connectivity index (χ1) is 15.0. The fourth-order valence-electron chi connectivity index (χ4n) is 3.90. The Kier molecular flexibility index (Phi) is 6.44. The van der Waals surface area contributed by atoms with Gasteiger partial charge >= 0.3 is 0 Å². The molecule has 1 aromatic heterocycles. The van der Waals surface area contributed by atoms with Crippen LogP contribution in [-0.4, -0.2) is 46.9 Å². The first-order valence-corrected chi connectivity index (χ1v) is 10.5. The van der Waals surface area contributed by atoms with Gasteiger partial charge in [0.15, 0.2) is 0 Å². The van der Waals surface area contributed by atoms with E-state index in [-0.39, 0.29) is 18.1 Å². The minimum atomic E-state index is -0.291. The maximum absolute atomic E-state index is 13.2. The number of amides is 1. The van der Waals surface area contributed by atoms with Gasteiger partial charge in [-0.15, -0.1) is 0 Å². The van der Waals surface area contributed by atoms with Crippen LogP contribution < -0.4 is 5.32 Å². The third-order valence-electron chi connectivity index (χ3n) is 5.57. The van der Waals surface area contributed by atoms with E-state index in [1.54, 1.807) is 16.8 Å². The number of nitrogens with zero attached hydrogens (tertiary/aromatic N) is 3. The van der Waals surface area contributed by atoms with Crippen LogP contribution in [0.4, 0.5) is 10.1 Å². The molecule has 1 aliphatic rings. The lowest BCUT2D eigenvalue weighted by molar-refractivity contribution is -0.115. The first-order valence-electron chi connectivity index (χ1n) is 10.5. The summed E-state index contributed by atoms with van der Waals surface area (Å²) < 4.78 is 20.4. The predicted molar refractivity (Wildman–Crippen MR) is 118 cm³/mol. The molecule has 6 nitrogen and oxygen atoms in total.